The summed E-state index contributed by atoms with van der Waals surface area (Å²) in [5, 5.41) is 5.63. The third kappa shape index (κ3) is 3.43. The minimum atomic E-state index is -0.430. The molecule has 0 bridgehead atoms. The predicted molar refractivity (Wildman–Crippen MR) is 114 cm³/mol. The van der Waals surface area contributed by atoms with Gasteiger partial charge < -0.3 is 20.4 Å². The van der Waals surface area contributed by atoms with Gasteiger partial charge in [-0.15, -0.1) is 0 Å². The number of anilines is 2. The maximum Gasteiger partial charge on any atom is 0.256 e. The zero-order chi connectivity index (χ0) is 21.5. The second kappa shape index (κ2) is 7.54. The van der Waals surface area contributed by atoms with Gasteiger partial charge in [0.2, 0.25) is 11.8 Å². The van der Waals surface area contributed by atoms with Gasteiger partial charge in [-0.3, -0.25) is 19.2 Å². The van der Waals surface area contributed by atoms with Gasteiger partial charge in [0.25, 0.3) is 11.8 Å². The van der Waals surface area contributed by atoms with Crippen molar-refractivity contribution in [2.75, 3.05) is 23.7 Å². The van der Waals surface area contributed by atoms with Crippen LogP contribution in [0, 0.1) is 0 Å². The molecule has 0 unspecified atom stereocenters. The van der Waals surface area contributed by atoms with Crippen molar-refractivity contribution in [3.05, 3.63) is 59.2 Å². The molecule has 158 valence electrons. The normalized spacial score (nSPS) is 19.5. The molecule has 3 heterocycles. The van der Waals surface area contributed by atoms with E-state index < -0.39 is 6.04 Å². The highest BCUT2D eigenvalue weighted by Gasteiger charge is 2.38. The molecule has 2 aromatic rings. The minimum Gasteiger partial charge on any atom is -0.334 e. The molecular formula is C23H22N4O4. The van der Waals surface area contributed by atoms with E-state index in [9.17, 15) is 19.2 Å². The molecule has 31 heavy (non-hydrogen) atoms. The topological polar surface area (TPSA) is 98.8 Å². The van der Waals surface area contributed by atoms with Crippen LogP contribution in [0.15, 0.2) is 42.5 Å². The van der Waals surface area contributed by atoms with Crippen molar-refractivity contribution >= 4 is 35.0 Å². The van der Waals surface area contributed by atoms with Crippen molar-refractivity contribution in [2.24, 2.45) is 0 Å². The van der Waals surface area contributed by atoms with Crippen LogP contribution in [0.3, 0.4) is 0 Å². The lowest BCUT2D eigenvalue weighted by molar-refractivity contribution is -0.119. The van der Waals surface area contributed by atoms with Crippen LogP contribution in [-0.4, -0.2) is 52.6 Å². The number of carbonyl (C=O) groups is 4. The summed E-state index contributed by atoms with van der Waals surface area (Å²) >= 11 is 0. The number of hydrogen-bond donors (Lipinski definition) is 2. The van der Waals surface area contributed by atoms with Gasteiger partial charge in [0.1, 0.15) is 6.04 Å². The van der Waals surface area contributed by atoms with E-state index in [2.05, 4.69) is 10.6 Å². The quantitative estimate of drug-likeness (QED) is 0.795. The number of hydrogen-bond acceptors (Lipinski definition) is 4. The smallest absolute Gasteiger partial charge is 0.256 e. The van der Waals surface area contributed by atoms with Gasteiger partial charge in [-0.05, 0) is 42.7 Å². The Balaban J connectivity index is 1.25. The summed E-state index contributed by atoms with van der Waals surface area (Å²) in [6.07, 6.45) is 1.61. The van der Waals surface area contributed by atoms with Crippen molar-refractivity contribution in [1.29, 1.82) is 0 Å². The maximum absolute atomic E-state index is 12.9. The van der Waals surface area contributed by atoms with Gasteiger partial charge in [-0.25, -0.2) is 0 Å². The zero-order valence-electron chi connectivity index (χ0n) is 16.9. The largest absolute Gasteiger partial charge is 0.334 e. The lowest BCUT2D eigenvalue weighted by Crippen LogP contribution is -2.40. The van der Waals surface area contributed by atoms with Crippen molar-refractivity contribution in [3.63, 3.8) is 0 Å². The van der Waals surface area contributed by atoms with E-state index in [4.69, 9.17) is 0 Å². The van der Waals surface area contributed by atoms with Crippen LogP contribution in [0.5, 0.6) is 0 Å². The molecule has 0 radical (unpaired) electrons. The van der Waals surface area contributed by atoms with E-state index in [1.807, 2.05) is 18.2 Å². The van der Waals surface area contributed by atoms with Crippen LogP contribution >= 0.6 is 0 Å². The number of carbonyl (C=O) groups excluding carboxylic acids is 4. The second-order valence-corrected chi connectivity index (χ2v) is 8.09. The average molecular weight is 418 g/mol. The lowest BCUT2D eigenvalue weighted by Gasteiger charge is -2.20. The molecular weight excluding hydrogens is 396 g/mol. The van der Waals surface area contributed by atoms with E-state index in [0.29, 0.717) is 48.6 Å². The first-order chi connectivity index (χ1) is 15.0. The molecule has 4 amide bonds. The van der Waals surface area contributed by atoms with Crippen LogP contribution in [0.2, 0.25) is 0 Å². The number of fused-ring (bicyclic) bond motifs is 3. The van der Waals surface area contributed by atoms with Crippen LogP contribution < -0.4 is 10.6 Å². The first-order valence-electron chi connectivity index (χ1n) is 10.4. The molecule has 2 N–H and O–H groups in total. The van der Waals surface area contributed by atoms with Crippen LogP contribution in [0.1, 0.15) is 45.5 Å². The van der Waals surface area contributed by atoms with Crippen LogP contribution in [-0.2, 0) is 16.1 Å². The minimum absolute atomic E-state index is 0.0602. The molecule has 8 heteroatoms. The molecule has 1 fully saturated rings. The molecule has 8 nitrogen and oxygen atoms in total. The Labute approximate surface area is 179 Å². The highest BCUT2D eigenvalue weighted by atomic mass is 16.2. The molecule has 1 atom stereocenters. The molecule has 2 aromatic carbocycles. The zero-order valence-corrected chi connectivity index (χ0v) is 16.9. The number of benzene rings is 2. The lowest BCUT2D eigenvalue weighted by atomic mass is 10.1. The summed E-state index contributed by atoms with van der Waals surface area (Å²) in [6.45, 7) is 1.38. The molecule has 3 aliphatic rings. The Morgan fingerprint density at radius 2 is 1.90 bits per heavy atom. The van der Waals surface area contributed by atoms with Gasteiger partial charge in [-0.2, -0.15) is 0 Å². The molecule has 3 aliphatic heterocycles. The number of nitrogens with one attached hydrogen (secondary N) is 2. The van der Waals surface area contributed by atoms with Crippen LogP contribution in [0.25, 0.3) is 0 Å². The molecule has 0 aliphatic carbocycles. The highest BCUT2D eigenvalue weighted by molar-refractivity contribution is 6.11. The van der Waals surface area contributed by atoms with Crippen molar-refractivity contribution < 1.29 is 19.2 Å². The Kier molecular flexibility index (Phi) is 4.69. The average Bonchev–Trinajstić information content (AvgIpc) is 3.36. The van der Waals surface area contributed by atoms with Gasteiger partial charge >= 0.3 is 0 Å². The Morgan fingerprint density at radius 1 is 1.06 bits per heavy atom. The van der Waals surface area contributed by atoms with E-state index >= 15 is 0 Å². The summed E-state index contributed by atoms with van der Waals surface area (Å²) in [6, 6.07) is 11.9. The molecule has 1 saturated heterocycles. The van der Waals surface area contributed by atoms with Gasteiger partial charge in [-0.1, -0.05) is 18.2 Å². The third-order valence-corrected chi connectivity index (χ3v) is 6.11. The molecule has 0 saturated carbocycles. The SMILES string of the molecule is O=C(CCN1Cc2ccccc2C1=O)Nc1ccc2c(c1)C(=O)N1CCC[C@H]1C(=O)N2. The monoisotopic (exact) mass is 418 g/mol. The summed E-state index contributed by atoms with van der Waals surface area (Å²) < 4.78 is 0. The highest BCUT2D eigenvalue weighted by Crippen LogP contribution is 2.30. The molecule has 0 spiro atoms. The number of rotatable bonds is 4. The van der Waals surface area contributed by atoms with Gasteiger partial charge in [0.05, 0.1) is 11.3 Å². The number of nitrogens with zero attached hydrogens (tertiary/aromatic N) is 2. The van der Waals surface area contributed by atoms with Crippen molar-refractivity contribution in [2.45, 2.75) is 31.8 Å². The summed E-state index contributed by atoms with van der Waals surface area (Å²) in [5.41, 5.74) is 2.98. The Morgan fingerprint density at radius 3 is 2.74 bits per heavy atom. The number of amides is 4. The second-order valence-electron chi connectivity index (χ2n) is 8.09. The van der Waals surface area contributed by atoms with E-state index in [0.717, 1.165) is 12.0 Å². The Bertz CT molecular complexity index is 1110. The van der Waals surface area contributed by atoms with E-state index in [1.54, 1.807) is 34.1 Å². The predicted octanol–water partition coefficient (Wildman–Crippen LogP) is 2.23. The first-order valence-corrected chi connectivity index (χ1v) is 10.4. The molecule has 5 rings (SSSR count). The fourth-order valence-corrected chi connectivity index (χ4v) is 4.52. The fraction of sp³-hybridized carbons (Fsp3) is 0.304. The third-order valence-electron chi connectivity index (χ3n) is 6.11. The van der Waals surface area contributed by atoms with Gasteiger partial charge in [0.15, 0.2) is 0 Å². The maximum atomic E-state index is 12.9. The summed E-state index contributed by atoms with van der Waals surface area (Å²) in [7, 11) is 0. The molecule has 0 aromatic heterocycles. The van der Waals surface area contributed by atoms with Gasteiger partial charge in [0, 0.05) is 37.3 Å². The van der Waals surface area contributed by atoms with Crippen LogP contribution in [0.4, 0.5) is 11.4 Å². The standard InChI is InChI=1S/C23H22N4O4/c28-20(9-11-26-13-14-4-1-2-5-16(14)22(26)30)24-15-7-8-18-17(12-15)23(31)27-10-3-6-19(27)21(29)25-18/h1-2,4-5,7-8,12,19H,3,6,9-11,13H2,(H,24,28)(H,25,29)/t19-/m0/s1. The fourth-order valence-electron chi connectivity index (χ4n) is 4.52. The van der Waals surface area contributed by atoms with Crippen molar-refractivity contribution in [1.82, 2.24) is 9.80 Å². The Hall–Kier alpha value is -3.68. The van der Waals surface area contributed by atoms with Crippen molar-refractivity contribution in [3.8, 4) is 0 Å². The summed E-state index contributed by atoms with van der Waals surface area (Å²) in [5.74, 6) is -0.673. The summed E-state index contributed by atoms with van der Waals surface area (Å²) in [4.78, 5) is 53.5. The van der Waals surface area contributed by atoms with E-state index in [1.165, 1.54) is 0 Å². The van der Waals surface area contributed by atoms with E-state index in [-0.39, 0.29) is 30.0 Å². The first kappa shape index (κ1) is 19.3.